The molecule has 2 rings (SSSR count). The number of rotatable bonds is 4. The number of anilines is 2. The second-order valence-corrected chi connectivity index (χ2v) is 4.56. The number of nitrogens with zero attached hydrogens (tertiary/aromatic N) is 3. The predicted molar refractivity (Wildman–Crippen MR) is 68.8 cm³/mol. The molecule has 1 aliphatic rings. The largest absolute Gasteiger partial charge is 0.433 e. The van der Waals surface area contributed by atoms with Crippen molar-refractivity contribution in [3.05, 3.63) is 11.8 Å². The van der Waals surface area contributed by atoms with Crippen LogP contribution in [0.3, 0.4) is 0 Å². The molecule has 1 saturated heterocycles. The van der Waals surface area contributed by atoms with Crippen molar-refractivity contribution in [2.24, 2.45) is 0 Å². The van der Waals surface area contributed by atoms with Gasteiger partial charge in [0.25, 0.3) is 0 Å². The summed E-state index contributed by atoms with van der Waals surface area (Å²) in [5, 5.41) is 2.73. The fourth-order valence-electron chi connectivity index (χ4n) is 2.11. The van der Waals surface area contributed by atoms with Gasteiger partial charge in [0, 0.05) is 32.8 Å². The lowest BCUT2D eigenvalue weighted by Gasteiger charge is -2.19. The molecule has 1 aliphatic heterocycles. The van der Waals surface area contributed by atoms with Crippen molar-refractivity contribution < 1.29 is 17.9 Å². The molecule has 8 heteroatoms. The average Bonchev–Trinajstić information content (AvgIpc) is 2.86. The Morgan fingerprint density at radius 1 is 1.45 bits per heavy atom. The van der Waals surface area contributed by atoms with E-state index in [0.29, 0.717) is 19.6 Å². The van der Waals surface area contributed by atoms with Crippen LogP contribution in [0.1, 0.15) is 19.0 Å². The highest BCUT2D eigenvalue weighted by Gasteiger charge is 2.35. The van der Waals surface area contributed by atoms with Crippen LogP contribution in [0.2, 0.25) is 0 Å². The van der Waals surface area contributed by atoms with Crippen LogP contribution in [0.25, 0.3) is 0 Å². The molecule has 0 spiro atoms. The van der Waals surface area contributed by atoms with Crippen LogP contribution in [0.15, 0.2) is 6.07 Å². The van der Waals surface area contributed by atoms with Gasteiger partial charge in [-0.05, 0) is 13.3 Å². The lowest BCUT2D eigenvalue weighted by atomic mass is 10.3. The first-order valence-electron chi connectivity index (χ1n) is 6.42. The van der Waals surface area contributed by atoms with Gasteiger partial charge in [-0.25, -0.2) is 4.98 Å². The van der Waals surface area contributed by atoms with Crippen molar-refractivity contribution in [2.45, 2.75) is 25.6 Å². The minimum Gasteiger partial charge on any atom is -0.380 e. The van der Waals surface area contributed by atoms with Gasteiger partial charge < -0.3 is 15.0 Å². The topological polar surface area (TPSA) is 50.3 Å². The van der Waals surface area contributed by atoms with E-state index in [1.165, 1.54) is 0 Å². The summed E-state index contributed by atoms with van der Waals surface area (Å²) in [5.74, 6) is 0.279. The summed E-state index contributed by atoms with van der Waals surface area (Å²) in [6.45, 7) is 3.40. The van der Waals surface area contributed by atoms with Gasteiger partial charge in [0.2, 0.25) is 5.95 Å². The molecule has 112 valence electrons. The second-order valence-electron chi connectivity index (χ2n) is 4.56. The molecular formula is C12H17F3N4O. The first-order valence-corrected chi connectivity index (χ1v) is 6.42. The molecule has 2 heterocycles. The summed E-state index contributed by atoms with van der Waals surface area (Å²) >= 11 is 0. The summed E-state index contributed by atoms with van der Waals surface area (Å²) in [6.07, 6.45) is -3.68. The van der Waals surface area contributed by atoms with E-state index in [2.05, 4.69) is 15.3 Å². The normalized spacial score (nSPS) is 19.4. The highest BCUT2D eigenvalue weighted by atomic mass is 19.4. The van der Waals surface area contributed by atoms with Crippen molar-refractivity contribution in [2.75, 3.05) is 37.0 Å². The molecule has 0 aliphatic carbocycles. The van der Waals surface area contributed by atoms with Gasteiger partial charge in [0.05, 0.1) is 6.10 Å². The number of alkyl halides is 3. The van der Waals surface area contributed by atoms with E-state index in [-0.39, 0.29) is 17.9 Å². The average molecular weight is 290 g/mol. The first kappa shape index (κ1) is 14.8. The molecule has 1 N–H and O–H groups in total. The fraction of sp³-hybridized carbons (Fsp3) is 0.667. The highest BCUT2D eigenvalue weighted by molar-refractivity contribution is 5.46. The zero-order valence-electron chi connectivity index (χ0n) is 11.4. The van der Waals surface area contributed by atoms with Gasteiger partial charge in [-0.3, -0.25) is 0 Å². The number of hydrogen-bond acceptors (Lipinski definition) is 5. The van der Waals surface area contributed by atoms with E-state index in [0.717, 1.165) is 12.5 Å². The minimum absolute atomic E-state index is 0.00167. The lowest BCUT2D eigenvalue weighted by molar-refractivity contribution is -0.141. The third-order valence-corrected chi connectivity index (χ3v) is 3.14. The Kier molecular flexibility index (Phi) is 4.32. The highest BCUT2D eigenvalue weighted by Crippen LogP contribution is 2.31. The number of ether oxygens (including phenoxy) is 1. The summed E-state index contributed by atoms with van der Waals surface area (Å²) in [7, 11) is 1.60. The third-order valence-electron chi connectivity index (χ3n) is 3.14. The van der Waals surface area contributed by atoms with Crippen LogP contribution < -0.4 is 10.2 Å². The van der Waals surface area contributed by atoms with Crippen molar-refractivity contribution in [3.8, 4) is 0 Å². The predicted octanol–water partition coefficient (Wildman–Crippen LogP) is 2.15. The monoisotopic (exact) mass is 290 g/mol. The van der Waals surface area contributed by atoms with Gasteiger partial charge in [0.1, 0.15) is 5.82 Å². The van der Waals surface area contributed by atoms with Crippen molar-refractivity contribution in [1.82, 2.24) is 9.97 Å². The number of nitrogens with one attached hydrogen (secondary N) is 1. The zero-order valence-corrected chi connectivity index (χ0v) is 11.4. The maximum absolute atomic E-state index is 12.9. The Balaban J connectivity index is 2.30. The fourth-order valence-corrected chi connectivity index (χ4v) is 2.11. The molecule has 0 amide bonds. The van der Waals surface area contributed by atoms with E-state index in [1.807, 2.05) is 0 Å². The van der Waals surface area contributed by atoms with Crippen LogP contribution >= 0.6 is 0 Å². The Morgan fingerprint density at radius 2 is 2.20 bits per heavy atom. The summed E-state index contributed by atoms with van der Waals surface area (Å²) < 4.78 is 43.8. The molecule has 20 heavy (non-hydrogen) atoms. The molecule has 5 nitrogen and oxygen atoms in total. The van der Waals surface area contributed by atoms with Crippen molar-refractivity contribution >= 4 is 11.8 Å². The molecule has 1 fully saturated rings. The maximum atomic E-state index is 12.9. The SMILES string of the molecule is CCNc1nc(N2CCC(OC)C2)cc(C(F)(F)F)n1. The van der Waals surface area contributed by atoms with Gasteiger partial charge in [0.15, 0.2) is 5.69 Å². The molecule has 1 aromatic rings. The van der Waals surface area contributed by atoms with Gasteiger partial charge in [-0.15, -0.1) is 0 Å². The number of aromatic nitrogens is 2. The van der Waals surface area contributed by atoms with Crippen LogP contribution in [0, 0.1) is 0 Å². The molecule has 0 radical (unpaired) electrons. The van der Waals surface area contributed by atoms with Crippen LogP contribution in [-0.4, -0.2) is 42.8 Å². The Morgan fingerprint density at radius 3 is 2.75 bits per heavy atom. The molecule has 1 aromatic heterocycles. The Bertz CT molecular complexity index is 467. The molecule has 1 unspecified atom stereocenters. The quantitative estimate of drug-likeness (QED) is 0.921. The van der Waals surface area contributed by atoms with Gasteiger partial charge in [-0.2, -0.15) is 18.2 Å². The Hall–Kier alpha value is -1.57. The third kappa shape index (κ3) is 3.30. The Labute approximate surface area is 115 Å². The smallest absolute Gasteiger partial charge is 0.380 e. The van der Waals surface area contributed by atoms with Gasteiger partial charge in [-0.1, -0.05) is 0 Å². The molecule has 0 bridgehead atoms. The number of hydrogen-bond donors (Lipinski definition) is 1. The molecule has 1 atom stereocenters. The van der Waals surface area contributed by atoms with E-state index < -0.39 is 11.9 Å². The van der Waals surface area contributed by atoms with E-state index in [1.54, 1.807) is 18.9 Å². The van der Waals surface area contributed by atoms with Crippen LogP contribution in [0.5, 0.6) is 0 Å². The van der Waals surface area contributed by atoms with E-state index in [4.69, 9.17) is 4.74 Å². The van der Waals surface area contributed by atoms with Crippen LogP contribution in [0.4, 0.5) is 24.9 Å². The molecule has 0 saturated carbocycles. The second kappa shape index (κ2) is 5.82. The zero-order chi connectivity index (χ0) is 14.8. The number of methoxy groups -OCH3 is 1. The van der Waals surface area contributed by atoms with Gasteiger partial charge >= 0.3 is 6.18 Å². The molecule has 0 aromatic carbocycles. The van der Waals surface area contributed by atoms with Crippen molar-refractivity contribution in [1.29, 1.82) is 0 Å². The maximum Gasteiger partial charge on any atom is 0.433 e. The summed E-state index contributed by atoms with van der Waals surface area (Å²) in [6, 6.07) is 0.985. The summed E-state index contributed by atoms with van der Waals surface area (Å²) in [4.78, 5) is 9.42. The van der Waals surface area contributed by atoms with Crippen molar-refractivity contribution in [3.63, 3.8) is 0 Å². The molecular weight excluding hydrogens is 273 g/mol. The lowest BCUT2D eigenvalue weighted by Crippen LogP contribution is -2.24. The van der Waals surface area contributed by atoms with Crippen LogP contribution in [-0.2, 0) is 10.9 Å². The van der Waals surface area contributed by atoms with E-state index in [9.17, 15) is 13.2 Å². The van der Waals surface area contributed by atoms with E-state index >= 15 is 0 Å². The first-order chi connectivity index (χ1) is 9.44. The minimum atomic E-state index is -4.48. The standard InChI is InChI=1S/C12H17F3N4O/c1-3-16-11-17-9(12(13,14)15)6-10(18-11)19-5-4-8(7-19)20-2/h6,8H,3-5,7H2,1-2H3,(H,16,17,18). The summed E-state index contributed by atoms with van der Waals surface area (Å²) in [5.41, 5.74) is -0.931. The number of halogens is 3.